The maximum absolute atomic E-state index is 12.3. The zero-order chi connectivity index (χ0) is 13.7. The summed E-state index contributed by atoms with van der Waals surface area (Å²) in [6, 6.07) is 7.48. The fourth-order valence-corrected chi connectivity index (χ4v) is 4.68. The van der Waals surface area contributed by atoms with Gasteiger partial charge in [0.1, 0.15) is 11.4 Å². The van der Waals surface area contributed by atoms with Gasteiger partial charge in [-0.3, -0.25) is 4.79 Å². The molecule has 3 heteroatoms. The third-order valence-electron chi connectivity index (χ3n) is 5.57. The first-order valence-corrected chi connectivity index (χ1v) is 7.76. The summed E-state index contributed by atoms with van der Waals surface area (Å²) >= 11 is 0. The normalized spacial score (nSPS) is 39.2. The lowest BCUT2D eigenvalue weighted by Crippen LogP contribution is -2.65. The Bertz CT molecular complexity index is 553. The van der Waals surface area contributed by atoms with Crippen molar-refractivity contribution in [1.29, 1.82) is 0 Å². The SMILES string of the molecule is O=C1Oc2ccccc2C2(O)C3CCCCCCC3C12. The van der Waals surface area contributed by atoms with Gasteiger partial charge in [-0.25, -0.2) is 0 Å². The molecule has 4 atom stereocenters. The number of hydrogen-bond donors (Lipinski definition) is 1. The van der Waals surface area contributed by atoms with Crippen LogP contribution in [0.2, 0.25) is 0 Å². The molecular weight excluding hydrogens is 252 g/mol. The quantitative estimate of drug-likeness (QED) is 0.583. The Morgan fingerprint density at radius 2 is 1.85 bits per heavy atom. The van der Waals surface area contributed by atoms with Crippen LogP contribution in [-0.2, 0) is 10.4 Å². The molecule has 1 aromatic carbocycles. The Balaban J connectivity index is 1.78. The number of para-hydroxylation sites is 1. The van der Waals surface area contributed by atoms with E-state index in [-0.39, 0.29) is 17.8 Å². The standard InChI is InChI=1S/C17H20O3/c18-16-15-11-7-3-1-2-4-8-12(11)17(15,19)13-9-5-6-10-14(13)20-16/h5-6,9-12,15,19H,1-4,7-8H2. The number of rotatable bonds is 0. The fraction of sp³-hybridized carbons (Fsp3) is 0.588. The highest BCUT2D eigenvalue weighted by atomic mass is 16.5. The first kappa shape index (κ1) is 12.4. The summed E-state index contributed by atoms with van der Waals surface area (Å²) in [5.41, 5.74) is -0.153. The third-order valence-corrected chi connectivity index (χ3v) is 5.57. The number of aliphatic hydroxyl groups is 1. The van der Waals surface area contributed by atoms with Crippen LogP contribution in [0.15, 0.2) is 24.3 Å². The molecule has 2 aliphatic carbocycles. The molecule has 0 spiro atoms. The Kier molecular flexibility index (Phi) is 2.68. The van der Waals surface area contributed by atoms with E-state index in [0.717, 1.165) is 24.8 Å². The molecule has 0 amide bonds. The highest BCUT2D eigenvalue weighted by molar-refractivity contribution is 5.82. The first-order chi connectivity index (χ1) is 9.73. The van der Waals surface area contributed by atoms with Crippen LogP contribution in [0, 0.1) is 17.8 Å². The van der Waals surface area contributed by atoms with E-state index in [1.807, 2.05) is 18.2 Å². The van der Waals surface area contributed by atoms with Gasteiger partial charge in [-0.15, -0.1) is 0 Å². The number of benzene rings is 1. The van der Waals surface area contributed by atoms with E-state index in [1.54, 1.807) is 6.07 Å². The predicted octanol–water partition coefficient (Wildman–Crippen LogP) is 3.01. The van der Waals surface area contributed by atoms with E-state index in [9.17, 15) is 9.90 Å². The van der Waals surface area contributed by atoms with Crippen molar-refractivity contribution in [3.8, 4) is 5.75 Å². The van der Waals surface area contributed by atoms with Gasteiger partial charge in [-0.1, -0.05) is 43.9 Å². The Labute approximate surface area is 118 Å². The van der Waals surface area contributed by atoms with Crippen molar-refractivity contribution < 1.29 is 14.6 Å². The van der Waals surface area contributed by atoms with Gasteiger partial charge in [-0.2, -0.15) is 0 Å². The summed E-state index contributed by atoms with van der Waals surface area (Å²) in [5.74, 6) is 0.508. The molecule has 3 aliphatic rings. The monoisotopic (exact) mass is 272 g/mol. The van der Waals surface area contributed by atoms with Crippen molar-refractivity contribution in [1.82, 2.24) is 0 Å². The number of ether oxygens (including phenoxy) is 1. The van der Waals surface area contributed by atoms with Gasteiger partial charge in [-0.05, 0) is 30.7 Å². The molecule has 1 aromatic rings. The summed E-state index contributed by atoms with van der Waals surface area (Å²) in [6.07, 6.45) is 6.90. The molecule has 1 N–H and O–H groups in total. The summed E-state index contributed by atoms with van der Waals surface area (Å²) in [5, 5.41) is 11.3. The lowest BCUT2D eigenvalue weighted by molar-refractivity contribution is -0.229. The molecule has 20 heavy (non-hydrogen) atoms. The third kappa shape index (κ3) is 1.47. The first-order valence-electron chi connectivity index (χ1n) is 7.76. The van der Waals surface area contributed by atoms with Gasteiger partial charge in [0.2, 0.25) is 0 Å². The fourth-order valence-electron chi connectivity index (χ4n) is 4.68. The molecule has 0 saturated heterocycles. The van der Waals surface area contributed by atoms with Gasteiger partial charge in [0.15, 0.2) is 0 Å². The topological polar surface area (TPSA) is 46.5 Å². The predicted molar refractivity (Wildman–Crippen MR) is 74.1 cm³/mol. The number of fused-ring (bicyclic) bond motifs is 6. The molecule has 0 radical (unpaired) electrons. The van der Waals surface area contributed by atoms with Crippen LogP contribution in [0.3, 0.4) is 0 Å². The largest absolute Gasteiger partial charge is 0.426 e. The highest BCUT2D eigenvalue weighted by Crippen LogP contribution is 2.63. The van der Waals surface area contributed by atoms with Gasteiger partial charge >= 0.3 is 5.97 Å². The average Bonchev–Trinajstić information content (AvgIpc) is 2.40. The minimum absolute atomic E-state index is 0.224. The maximum atomic E-state index is 12.3. The van der Waals surface area contributed by atoms with Crippen LogP contribution in [0.4, 0.5) is 0 Å². The molecule has 2 saturated carbocycles. The molecule has 0 aromatic heterocycles. The molecule has 1 heterocycles. The van der Waals surface area contributed by atoms with Crippen molar-refractivity contribution in [2.75, 3.05) is 0 Å². The zero-order valence-corrected chi connectivity index (χ0v) is 11.5. The van der Waals surface area contributed by atoms with Gasteiger partial charge in [0.25, 0.3) is 0 Å². The molecule has 4 rings (SSSR count). The van der Waals surface area contributed by atoms with E-state index in [1.165, 1.54) is 19.3 Å². The van der Waals surface area contributed by atoms with Crippen molar-refractivity contribution >= 4 is 5.97 Å². The summed E-state index contributed by atoms with van der Waals surface area (Å²) < 4.78 is 5.45. The smallest absolute Gasteiger partial charge is 0.317 e. The molecule has 2 fully saturated rings. The average molecular weight is 272 g/mol. The molecule has 3 nitrogen and oxygen atoms in total. The van der Waals surface area contributed by atoms with Crippen molar-refractivity contribution in [3.63, 3.8) is 0 Å². The van der Waals surface area contributed by atoms with Crippen LogP contribution in [-0.4, -0.2) is 11.1 Å². The van der Waals surface area contributed by atoms with E-state index in [4.69, 9.17) is 4.74 Å². The molecule has 0 bridgehead atoms. The van der Waals surface area contributed by atoms with Crippen LogP contribution >= 0.6 is 0 Å². The summed E-state index contributed by atoms with van der Waals surface area (Å²) in [7, 11) is 0. The molecule has 4 unspecified atom stereocenters. The van der Waals surface area contributed by atoms with Crippen LogP contribution in [0.1, 0.15) is 44.1 Å². The van der Waals surface area contributed by atoms with Crippen LogP contribution in [0.25, 0.3) is 0 Å². The molecular formula is C17H20O3. The highest BCUT2D eigenvalue weighted by Gasteiger charge is 2.67. The Morgan fingerprint density at radius 1 is 1.10 bits per heavy atom. The van der Waals surface area contributed by atoms with Crippen molar-refractivity contribution in [2.24, 2.45) is 17.8 Å². The van der Waals surface area contributed by atoms with E-state index >= 15 is 0 Å². The second kappa shape index (κ2) is 4.32. The van der Waals surface area contributed by atoms with Crippen LogP contribution < -0.4 is 4.74 Å². The van der Waals surface area contributed by atoms with Gasteiger partial charge in [0, 0.05) is 5.56 Å². The van der Waals surface area contributed by atoms with E-state index < -0.39 is 5.60 Å². The summed E-state index contributed by atoms with van der Waals surface area (Å²) in [6.45, 7) is 0. The van der Waals surface area contributed by atoms with Gasteiger partial charge in [0.05, 0.1) is 5.92 Å². The van der Waals surface area contributed by atoms with Gasteiger partial charge < -0.3 is 9.84 Å². The Morgan fingerprint density at radius 3 is 2.70 bits per heavy atom. The van der Waals surface area contributed by atoms with Crippen molar-refractivity contribution in [2.45, 2.75) is 44.1 Å². The lowest BCUT2D eigenvalue weighted by atomic mass is 9.47. The van der Waals surface area contributed by atoms with Crippen LogP contribution in [0.5, 0.6) is 5.75 Å². The number of carbonyl (C=O) groups is 1. The van der Waals surface area contributed by atoms with E-state index in [2.05, 4.69) is 0 Å². The number of esters is 1. The zero-order valence-electron chi connectivity index (χ0n) is 11.5. The maximum Gasteiger partial charge on any atom is 0.317 e. The number of carbonyl (C=O) groups excluding carboxylic acids is 1. The minimum atomic E-state index is -0.978. The number of hydrogen-bond acceptors (Lipinski definition) is 3. The Hall–Kier alpha value is -1.35. The van der Waals surface area contributed by atoms with E-state index in [0.29, 0.717) is 11.7 Å². The molecule has 1 aliphatic heterocycles. The minimum Gasteiger partial charge on any atom is -0.426 e. The second-order valence-corrected chi connectivity index (χ2v) is 6.48. The lowest BCUT2D eigenvalue weighted by Gasteiger charge is -2.60. The molecule has 106 valence electrons. The van der Waals surface area contributed by atoms with Crippen molar-refractivity contribution in [3.05, 3.63) is 29.8 Å². The second-order valence-electron chi connectivity index (χ2n) is 6.48. The summed E-state index contributed by atoms with van der Waals surface area (Å²) in [4.78, 5) is 12.3.